The topological polar surface area (TPSA) is 24.5 Å². The van der Waals surface area contributed by atoms with Gasteiger partial charge in [-0.15, -0.1) is 0 Å². The largest absolute Gasteiger partial charge is 0.492 e. The standard InChI is InChI=1S/C15H20N2OS/c1-17(2)8-9-18-15-5-3-14(4-6-15)16-11-13-7-10-19-12-13/h3-7,10,12,16H,8-9,11H2,1-2H3. The summed E-state index contributed by atoms with van der Waals surface area (Å²) in [4.78, 5) is 2.11. The first kappa shape index (κ1) is 13.9. The van der Waals surface area contributed by atoms with E-state index in [-0.39, 0.29) is 0 Å². The van der Waals surface area contributed by atoms with Crippen molar-refractivity contribution in [3.05, 3.63) is 46.7 Å². The van der Waals surface area contributed by atoms with E-state index in [1.807, 2.05) is 26.2 Å². The lowest BCUT2D eigenvalue weighted by Gasteiger charge is -2.11. The summed E-state index contributed by atoms with van der Waals surface area (Å²) >= 11 is 1.72. The Morgan fingerprint density at radius 3 is 2.58 bits per heavy atom. The molecule has 0 unspecified atom stereocenters. The quantitative estimate of drug-likeness (QED) is 0.839. The van der Waals surface area contributed by atoms with Crippen LogP contribution < -0.4 is 10.1 Å². The molecule has 0 atom stereocenters. The summed E-state index contributed by atoms with van der Waals surface area (Å²) in [6.45, 7) is 2.51. The van der Waals surface area contributed by atoms with Crippen molar-refractivity contribution in [2.75, 3.05) is 32.6 Å². The molecule has 0 bridgehead atoms. The van der Waals surface area contributed by atoms with Crippen molar-refractivity contribution in [3.8, 4) is 5.75 Å². The highest BCUT2D eigenvalue weighted by Crippen LogP contribution is 2.17. The fourth-order valence-corrected chi connectivity index (χ4v) is 2.28. The summed E-state index contributed by atoms with van der Waals surface area (Å²) in [6, 6.07) is 10.3. The second-order valence-corrected chi connectivity index (χ2v) is 5.44. The SMILES string of the molecule is CN(C)CCOc1ccc(NCc2ccsc2)cc1. The zero-order valence-electron chi connectivity index (χ0n) is 11.4. The number of thiophene rings is 1. The Kier molecular flexibility index (Phi) is 5.24. The van der Waals surface area contributed by atoms with Crippen molar-refractivity contribution in [3.63, 3.8) is 0 Å². The van der Waals surface area contributed by atoms with E-state index >= 15 is 0 Å². The molecule has 2 rings (SSSR count). The predicted octanol–water partition coefficient (Wildman–Crippen LogP) is 3.30. The zero-order valence-corrected chi connectivity index (χ0v) is 12.2. The second-order valence-electron chi connectivity index (χ2n) is 4.66. The number of hydrogen-bond donors (Lipinski definition) is 1. The average Bonchev–Trinajstić information content (AvgIpc) is 2.90. The Balaban J connectivity index is 1.77. The first-order valence-corrected chi connectivity index (χ1v) is 7.31. The van der Waals surface area contributed by atoms with E-state index < -0.39 is 0 Å². The molecule has 1 N–H and O–H groups in total. The molecule has 19 heavy (non-hydrogen) atoms. The van der Waals surface area contributed by atoms with Crippen LogP contribution in [0.3, 0.4) is 0 Å². The molecule has 102 valence electrons. The van der Waals surface area contributed by atoms with Crippen LogP contribution in [0.5, 0.6) is 5.75 Å². The van der Waals surface area contributed by atoms with Crippen molar-refractivity contribution >= 4 is 17.0 Å². The van der Waals surface area contributed by atoms with Gasteiger partial charge in [0.25, 0.3) is 0 Å². The molecule has 0 radical (unpaired) electrons. The molecule has 1 aromatic carbocycles. The van der Waals surface area contributed by atoms with E-state index in [0.29, 0.717) is 6.61 Å². The number of rotatable bonds is 7. The van der Waals surface area contributed by atoms with Gasteiger partial charge in [0.15, 0.2) is 0 Å². The molecule has 1 aromatic heterocycles. The summed E-state index contributed by atoms with van der Waals surface area (Å²) in [7, 11) is 4.08. The molecule has 0 spiro atoms. The Bertz CT molecular complexity index is 465. The molecule has 0 saturated heterocycles. The third kappa shape index (κ3) is 4.93. The van der Waals surface area contributed by atoms with Gasteiger partial charge >= 0.3 is 0 Å². The van der Waals surface area contributed by atoms with E-state index in [9.17, 15) is 0 Å². The molecule has 0 aliphatic heterocycles. The summed E-state index contributed by atoms with van der Waals surface area (Å²) < 4.78 is 5.65. The van der Waals surface area contributed by atoms with Crippen molar-refractivity contribution in [2.45, 2.75) is 6.54 Å². The number of hydrogen-bond acceptors (Lipinski definition) is 4. The van der Waals surface area contributed by atoms with Crippen LogP contribution in [0.4, 0.5) is 5.69 Å². The molecule has 0 saturated carbocycles. The molecule has 1 heterocycles. The monoisotopic (exact) mass is 276 g/mol. The van der Waals surface area contributed by atoms with Gasteiger partial charge in [-0.25, -0.2) is 0 Å². The highest BCUT2D eigenvalue weighted by atomic mass is 32.1. The van der Waals surface area contributed by atoms with Gasteiger partial charge in [-0.05, 0) is 60.8 Å². The molecule has 0 fully saturated rings. The minimum Gasteiger partial charge on any atom is -0.492 e. The number of nitrogens with one attached hydrogen (secondary N) is 1. The van der Waals surface area contributed by atoms with Crippen molar-refractivity contribution in [1.29, 1.82) is 0 Å². The molecule has 0 amide bonds. The van der Waals surface area contributed by atoms with Crippen LogP contribution in [0.1, 0.15) is 5.56 Å². The molecular formula is C15H20N2OS. The van der Waals surface area contributed by atoms with Crippen LogP contribution in [0, 0.1) is 0 Å². The van der Waals surface area contributed by atoms with Crippen LogP contribution in [0.2, 0.25) is 0 Å². The van der Waals surface area contributed by atoms with Crippen LogP contribution in [0.25, 0.3) is 0 Å². The van der Waals surface area contributed by atoms with E-state index in [1.165, 1.54) is 5.56 Å². The Morgan fingerprint density at radius 1 is 1.16 bits per heavy atom. The minimum atomic E-state index is 0.717. The molecule has 0 aliphatic carbocycles. The Morgan fingerprint density at radius 2 is 1.95 bits per heavy atom. The maximum absolute atomic E-state index is 5.65. The van der Waals surface area contributed by atoms with Crippen LogP contribution >= 0.6 is 11.3 Å². The Hall–Kier alpha value is -1.52. The average molecular weight is 276 g/mol. The van der Waals surface area contributed by atoms with Crippen molar-refractivity contribution in [2.24, 2.45) is 0 Å². The first-order chi connectivity index (χ1) is 9.24. The van der Waals surface area contributed by atoms with Crippen molar-refractivity contribution in [1.82, 2.24) is 4.90 Å². The highest BCUT2D eigenvalue weighted by Gasteiger charge is 1.97. The summed E-state index contributed by atoms with van der Waals surface area (Å²) in [5.74, 6) is 0.919. The summed E-state index contributed by atoms with van der Waals surface area (Å²) in [5.41, 5.74) is 2.43. The molecule has 2 aromatic rings. The first-order valence-electron chi connectivity index (χ1n) is 6.36. The van der Waals surface area contributed by atoms with Gasteiger partial charge < -0.3 is 15.0 Å². The van der Waals surface area contributed by atoms with Gasteiger partial charge in [0, 0.05) is 18.8 Å². The third-order valence-corrected chi connectivity index (χ3v) is 3.47. The lowest BCUT2D eigenvalue weighted by Crippen LogP contribution is -2.19. The summed E-state index contributed by atoms with van der Waals surface area (Å²) in [6.07, 6.45) is 0. The zero-order chi connectivity index (χ0) is 13.5. The molecule has 3 nitrogen and oxygen atoms in total. The van der Waals surface area contributed by atoms with Gasteiger partial charge in [0.2, 0.25) is 0 Å². The summed E-state index contributed by atoms with van der Waals surface area (Å²) in [5, 5.41) is 7.65. The molecule has 4 heteroatoms. The maximum atomic E-state index is 5.65. The highest BCUT2D eigenvalue weighted by molar-refractivity contribution is 7.07. The maximum Gasteiger partial charge on any atom is 0.119 e. The van der Waals surface area contributed by atoms with Gasteiger partial charge in [0.1, 0.15) is 12.4 Å². The van der Waals surface area contributed by atoms with Gasteiger partial charge in [-0.3, -0.25) is 0 Å². The predicted molar refractivity (Wildman–Crippen MR) is 82.1 cm³/mol. The van der Waals surface area contributed by atoms with Crippen LogP contribution in [-0.2, 0) is 6.54 Å². The van der Waals surface area contributed by atoms with Crippen LogP contribution in [0.15, 0.2) is 41.1 Å². The fraction of sp³-hybridized carbons (Fsp3) is 0.333. The lowest BCUT2D eigenvalue weighted by atomic mass is 10.3. The van der Waals surface area contributed by atoms with E-state index in [4.69, 9.17) is 4.74 Å². The van der Waals surface area contributed by atoms with Gasteiger partial charge in [-0.1, -0.05) is 0 Å². The smallest absolute Gasteiger partial charge is 0.119 e. The van der Waals surface area contributed by atoms with Crippen molar-refractivity contribution < 1.29 is 4.74 Å². The van der Waals surface area contributed by atoms with Gasteiger partial charge in [-0.2, -0.15) is 11.3 Å². The van der Waals surface area contributed by atoms with Gasteiger partial charge in [0.05, 0.1) is 0 Å². The Labute approximate surface area is 118 Å². The fourth-order valence-electron chi connectivity index (χ4n) is 1.61. The van der Waals surface area contributed by atoms with E-state index in [0.717, 1.165) is 24.5 Å². The number of nitrogens with zero attached hydrogens (tertiary/aromatic N) is 1. The normalized spacial score (nSPS) is 10.7. The lowest BCUT2D eigenvalue weighted by molar-refractivity contribution is 0.261. The van der Waals surface area contributed by atoms with E-state index in [2.05, 4.69) is 39.2 Å². The third-order valence-electron chi connectivity index (χ3n) is 2.74. The number of likely N-dealkylation sites (N-methyl/N-ethyl adjacent to an activating group) is 1. The minimum absolute atomic E-state index is 0.717. The number of anilines is 1. The number of ether oxygens (including phenoxy) is 1. The van der Waals surface area contributed by atoms with E-state index in [1.54, 1.807) is 11.3 Å². The second kappa shape index (κ2) is 7.16. The number of benzene rings is 1. The molecule has 0 aliphatic rings. The van der Waals surface area contributed by atoms with Crippen LogP contribution in [-0.4, -0.2) is 32.1 Å². The molecular weight excluding hydrogens is 256 g/mol.